The molecule has 2 unspecified atom stereocenters. The first-order chi connectivity index (χ1) is 7.77. The van der Waals surface area contributed by atoms with Crippen LogP contribution in [0.2, 0.25) is 0 Å². The summed E-state index contributed by atoms with van der Waals surface area (Å²) in [7, 11) is 0. The van der Waals surface area contributed by atoms with Gasteiger partial charge in [0.1, 0.15) is 0 Å². The Morgan fingerprint density at radius 2 is 2.44 bits per heavy atom. The van der Waals surface area contributed by atoms with E-state index in [2.05, 4.69) is 23.6 Å². The molecule has 90 valence electrons. The van der Waals surface area contributed by atoms with Crippen molar-refractivity contribution in [1.82, 2.24) is 10.6 Å². The van der Waals surface area contributed by atoms with Crippen LogP contribution in [-0.4, -0.2) is 25.5 Å². The van der Waals surface area contributed by atoms with Crippen molar-refractivity contribution in [2.75, 3.05) is 19.6 Å². The van der Waals surface area contributed by atoms with Crippen molar-refractivity contribution in [3.8, 4) is 0 Å². The Morgan fingerprint density at radius 1 is 1.56 bits per heavy atom. The van der Waals surface area contributed by atoms with E-state index in [-0.39, 0.29) is 11.8 Å². The highest BCUT2D eigenvalue weighted by Gasteiger charge is 2.29. The molecule has 1 amide bonds. The van der Waals surface area contributed by atoms with Gasteiger partial charge in [0.15, 0.2) is 0 Å². The lowest BCUT2D eigenvalue weighted by molar-refractivity contribution is -0.125. The summed E-state index contributed by atoms with van der Waals surface area (Å²) in [5, 5.41) is 6.32. The second kappa shape index (κ2) is 5.48. The summed E-state index contributed by atoms with van der Waals surface area (Å²) in [6, 6.07) is 0. The van der Waals surface area contributed by atoms with Crippen molar-refractivity contribution in [1.29, 1.82) is 0 Å². The average molecular weight is 222 g/mol. The zero-order valence-electron chi connectivity index (χ0n) is 10.1. The van der Waals surface area contributed by atoms with E-state index in [1.165, 1.54) is 24.8 Å². The highest BCUT2D eigenvalue weighted by Crippen LogP contribution is 2.20. The molecular formula is C13H22N2O. The molecule has 0 spiro atoms. The molecule has 2 N–H and O–H groups in total. The lowest BCUT2D eigenvalue weighted by Gasteiger charge is -2.14. The summed E-state index contributed by atoms with van der Waals surface area (Å²) in [4.78, 5) is 11.9. The molecule has 0 aromatic heterocycles. The Bertz CT molecular complexity index is 286. The standard InChI is InChI=1S/C13H22N2O/c1-10-8-14-9-12(10)13(16)15-7-6-11-4-2-3-5-11/h4,10,12,14H,2-3,5-9H2,1H3,(H,15,16). The first kappa shape index (κ1) is 11.6. The van der Waals surface area contributed by atoms with E-state index in [9.17, 15) is 4.79 Å². The SMILES string of the molecule is CC1CNCC1C(=O)NCCC1=CCCC1. The van der Waals surface area contributed by atoms with Crippen LogP contribution in [0.1, 0.15) is 32.6 Å². The molecule has 0 radical (unpaired) electrons. The number of amides is 1. The molecule has 2 aliphatic rings. The Kier molecular flexibility index (Phi) is 3.99. The van der Waals surface area contributed by atoms with E-state index in [0.29, 0.717) is 5.92 Å². The van der Waals surface area contributed by atoms with Crippen molar-refractivity contribution in [3.05, 3.63) is 11.6 Å². The van der Waals surface area contributed by atoms with Gasteiger partial charge in [-0.2, -0.15) is 0 Å². The minimum absolute atomic E-state index is 0.178. The molecule has 0 bridgehead atoms. The number of rotatable bonds is 4. The van der Waals surface area contributed by atoms with Crippen molar-refractivity contribution in [3.63, 3.8) is 0 Å². The predicted octanol–water partition coefficient (Wildman–Crippen LogP) is 1.46. The van der Waals surface area contributed by atoms with Crippen molar-refractivity contribution >= 4 is 5.91 Å². The fraction of sp³-hybridized carbons (Fsp3) is 0.769. The highest BCUT2D eigenvalue weighted by molar-refractivity contribution is 5.79. The molecule has 16 heavy (non-hydrogen) atoms. The molecule has 1 saturated heterocycles. The third kappa shape index (κ3) is 2.85. The van der Waals surface area contributed by atoms with Gasteiger partial charge in [-0.05, 0) is 38.1 Å². The number of nitrogens with one attached hydrogen (secondary N) is 2. The number of carbonyl (C=O) groups is 1. The minimum atomic E-state index is 0.178. The van der Waals surface area contributed by atoms with Gasteiger partial charge in [0.05, 0.1) is 5.92 Å². The molecule has 3 nitrogen and oxygen atoms in total. The van der Waals surface area contributed by atoms with Gasteiger partial charge in [0.2, 0.25) is 5.91 Å². The molecule has 0 saturated carbocycles. The van der Waals surface area contributed by atoms with Crippen LogP contribution in [0.25, 0.3) is 0 Å². The van der Waals surface area contributed by atoms with Crippen molar-refractivity contribution in [2.24, 2.45) is 11.8 Å². The average Bonchev–Trinajstić information content (AvgIpc) is 2.88. The predicted molar refractivity (Wildman–Crippen MR) is 65.1 cm³/mol. The molecular weight excluding hydrogens is 200 g/mol. The lowest BCUT2D eigenvalue weighted by atomic mass is 9.97. The topological polar surface area (TPSA) is 41.1 Å². The monoisotopic (exact) mass is 222 g/mol. The molecule has 0 aromatic carbocycles. The van der Waals surface area contributed by atoms with E-state index in [1.54, 1.807) is 0 Å². The molecule has 1 heterocycles. The summed E-state index contributed by atoms with van der Waals surface area (Å²) < 4.78 is 0. The van der Waals surface area contributed by atoms with Crippen molar-refractivity contribution in [2.45, 2.75) is 32.6 Å². The highest BCUT2D eigenvalue weighted by atomic mass is 16.1. The minimum Gasteiger partial charge on any atom is -0.355 e. The lowest BCUT2D eigenvalue weighted by Crippen LogP contribution is -2.34. The van der Waals surface area contributed by atoms with Crippen LogP contribution in [-0.2, 0) is 4.79 Å². The molecule has 1 aliphatic carbocycles. The summed E-state index contributed by atoms with van der Waals surface area (Å²) in [6.07, 6.45) is 7.13. The largest absolute Gasteiger partial charge is 0.355 e. The second-order valence-electron chi connectivity index (χ2n) is 5.04. The Balaban J connectivity index is 1.67. The molecule has 2 rings (SSSR count). The van der Waals surface area contributed by atoms with E-state index in [1.807, 2.05) is 0 Å². The zero-order valence-corrected chi connectivity index (χ0v) is 10.1. The maximum absolute atomic E-state index is 11.9. The smallest absolute Gasteiger partial charge is 0.224 e. The van der Waals surface area contributed by atoms with Gasteiger partial charge in [-0.25, -0.2) is 0 Å². The summed E-state index contributed by atoms with van der Waals surface area (Å²) in [5.41, 5.74) is 1.53. The van der Waals surface area contributed by atoms with Crippen LogP contribution in [0.5, 0.6) is 0 Å². The van der Waals surface area contributed by atoms with Crippen LogP contribution in [0, 0.1) is 11.8 Å². The van der Waals surface area contributed by atoms with Gasteiger partial charge >= 0.3 is 0 Å². The van der Waals surface area contributed by atoms with Gasteiger partial charge in [0.25, 0.3) is 0 Å². The summed E-state index contributed by atoms with van der Waals surface area (Å²) >= 11 is 0. The van der Waals surface area contributed by atoms with Crippen LogP contribution >= 0.6 is 0 Å². The van der Waals surface area contributed by atoms with E-state index >= 15 is 0 Å². The summed E-state index contributed by atoms with van der Waals surface area (Å²) in [6.45, 7) is 4.77. The van der Waals surface area contributed by atoms with E-state index < -0.39 is 0 Å². The molecule has 3 heteroatoms. The van der Waals surface area contributed by atoms with Crippen molar-refractivity contribution < 1.29 is 4.79 Å². The third-order valence-electron chi connectivity index (χ3n) is 3.73. The van der Waals surface area contributed by atoms with Crippen LogP contribution in [0.3, 0.4) is 0 Å². The zero-order chi connectivity index (χ0) is 11.4. The maximum Gasteiger partial charge on any atom is 0.224 e. The van der Waals surface area contributed by atoms with Crippen LogP contribution in [0.4, 0.5) is 0 Å². The Morgan fingerprint density at radius 3 is 3.06 bits per heavy atom. The number of hydrogen-bond donors (Lipinski definition) is 2. The van der Waals surface area contributed by atoms with Gasteiger partial charge in [-0.1, -0.05) is 18.6 Å². The maximum atomic E-state index is 11.9. The number of allylic oxidation sites excluding steroid dienone is 1. The molecule has 1 fully saturated rings. The fourth-order valence-corrected chi connectivity index (χ4v) is 2.60. The fourth-order valence-electron chi connectivity index (χ4n) is 2.60. The Hall–Kier alpha value is -0.830. The second-order valence-corrected chi connectivity index (χ2v) is 5.04. The van der Waals surface area contributed by atoms with Gasteiger partial charge in [0, 0.05) is 13.1 Å². The van der Waals surface area contributed by atoms with E-state index in [4.69, 9.17) is 0 Å². The first-order valence-electron chi connectivity index (χ1n) is 6.43. The normalized spacial score (nSPS) is 29.2. The van der Waals surface area contributed by atoms with E-state index in [0.717, 1.165) is 26.1 Å². The Labute approximate surface area is 97.7 Å². The quantitative estimate of drug-likeness (QED) is 0.707. The number of hydrogen-bond acceptors (Lipinski definition) is 2. The third-order valence-corrected chi connectivity index (χ3v) is 3.73. The van der Waals surface area contributed by atoms with Gasteiger partial charge in [-0.15, -0.1) is 0 Å². The first-order valence-corrected chi connectivity index (χ1v) is 6.43. The van der Waals surface area contributed by atoms with Crippen LogP contribution < -0.4 is 10.6 Å². The van der Waals surface area contributed by atoms with Gasteiger partial charge in [-0.3, -0.25) is 4.79 Å². The van der Waals surface area contributed by atoms with Gasteiger partial charge < -0.3 is 10.6 Å². The number of carbonyl (C=O) groups excluding carboxylic acids is 1. The molecule has 1 aliphatic heterocycles. The molecule has 0 aromatic rings. The van der Waals surface area contributed by atoms with Crippen LogP contribution in [0.15, 0.2) is 11.6 Å². The summed E-state index contributed by atoms with van der Waals surface area (Å²) in [5.74, 6) is 0.888. The molecule has 2 atom stereocenters.